The Morgan fingerprint density at radius 2 is 2.15 bits per heavy atom. The van der Waals surface area contributed by atoms with Crippen LogP contribution in [-0.4, -0.2) is 47.0 Å². The normalized spacial score (nSPS) is 12.1. The summed E-state index contributed by atoms with van der Waals surface area (Å²) in [6.45, 7) is 9.19. The van der Waals surface area contributed by atoms with Crippen LogP contribution in [0.1, 0.15) is 16.8 Å². The quantitative estimate of drug-likeness (QED) is 0.384. The van der Waals surface area contributed by atoms with Gasteiger partial charge in [-0.15, -0.1) is 13.0 Å². The van der Waals surface area contributed by atoms with Gasteiger partial charge >= 0.3 is 0 Å². The zero-order valence-electron chi connectivity index (χ0n) is 15.5. The lowest BCUT2D eigenvalue weighted by molar-refractivity contribution is 0.0281. The van der Waals surface area contributed by atoms with E-state index in [-0.39, 0.29) is 13.2 Å². The second-order valence-corrected chi connectivity index (χ2v) is 6.41. The van der Waals surface area contributed by atoms with Crippen molar-refractivity contribution in [2.24, 2.45) is 0 Å². The van der Waals surface area contributed by atoms with Gasteiger partial charge in [0.15, 0.2) is 0 Å². The Balaban J connectivity index is 2.01. The van der Waals surface area contributed by atoms with Crippen LogP contribution in [0.5, 0.6) is 0 Å². The summed E-state index contributed by atoms with van der Waals surface area (Å²) in [4.78, 5) is 2.15. The fraction of sp³-hybridized carbons (Fsp3) is 0.364. The monoisotopic (exact) mass is 352 g/mol. The molecule has 138 valence electrons. The molecule has 4 nitrogen and oxygen atoms in total. The van der Waals surface area contributed by atoms with Gasteiger partial charge in [0.05, 0.1) is 12.7 Å². The van der Waals surface area contributed by atoms with Crippen molar-refractivity contribution >= 4 is 0 Å². The lowest BCUT2D eigenvalue weighted by Gasteiger charge is -2.24. The van der Waals surface area contributed by atoms with Gasteiger partial charge in [0.1, 0.15) is 6.61 Å². The Morgan fingerprint density at radius 1 is 1.35 bits per heavy atom. The molecule has 1 aromatic carbocycles. The number of hydrogen-bond donors (Lipinski definition) is 1. The van der Waals surface area contributed by atoms with E-state index in [4.69, 9.17) is 11.2 Å². The number of hydrogen-bond acceptors (Lipinski definition) is 3. The summed E-state index contributed by atoms with van der Waals surface area (Å²) in [5.41, 5.74) is 3.80. The molecule has 0 bridgehead atoms. The van der Waals surface area contributed by atoms with Crippen LogP contribution in [0.2, 0.25) is 0 Å². The van der Waals surface area contributed by atoms with Gasteiger partial charge in [0.2, 0.25) is 0 Å². The zero-order valence-corrected chi connectivity index (χ0v) is 15.5. The van der Waals surface area contributed by atoms with Crippen molar-refractivity contribution in [2.45, 2.75) is 26.1 Å². The number of benzene rings is 1. The molecular weight excluding hydrogens is 324 g/mol. The van der Waals surface area contributed by atoms with Crippen LogP contribution in [0, 0.1) is 19.3 Å². The second-order valence-electron chi connectivity index (χ2n) is 6.41. The third kappa shape index (κ3) is 6.20. The summed E-state index contributed by atoms with van der Waals surface area (Å²) in [6.07, 6.45) is 8.53. The predicted molar refractivity (Wildman–Crippen MR) is 106 cm³/mol. The van der Waals surface area contributed by atoms with E-state index >= 15 is 0 Å². The Morgan fingerprint density at radius 3 is 2.88 bits per heavy atom. The number of ether oxygens (including phenoxy) is 1. The first-order chi connectivity index (χ1) is 12.6. The van der Waals surface area contributed by atoms with Gasteiger partial charge in [-0.2, -0.15) is 0 Å². The number of aryl methyl sites for hydroxylation is 1. The summed E-state index contributed by atoms with van der Waals surface area (Å²) < 4.78 is 7.48. The van der Waals surface area contributed by atoms with Crippen LogP contribution < -0.4 is 0 Å². The van der Waals surface area contributed by atoms with Crippen molar-refractivity contribution in [1.29, 1.82) is 0 Å². The number of aliphatic hydroxyl groups excluding tert-OH is 1. The average molecular weight is 352 g/mol. The molecular formula is C22H28N2O2. The molecule has 4 heteroatoms. The van der Waals surface area contributed by atoms with Crippen LogP contribution in [0.4, 0.5) is 0 Å². The molecule has 0 aliphatic carbocycles. The molecule has 1 heterocycles. The minimum absolute atomic E-state index is 0.220. The van der Waals surface area contributed by atoms with E-state index < -0.39 is 6.10 Å². The number of terminal acetylenes is 1. The van der Waals surface area contributed by atoms with E-state index in [1.54, 1.807) is 0 Å². The molecule has 0 aliphatic heterocycles. The first kappa shape index (κ1) is 20.0. The SMILES string of the molecule is C#CCOCC(O)CN(CC=C)Cc1cccn1Cc1ccccc1C. The van der Waals surface area contributed by atoms with Crippen molar-refractivity contribution in [2.75, 3.05) is 26.3 Å². The maximum atomic E-state index is 10.2. The summed E-state index contributed by atoms with van der Waals surface area (Å²) in [5, 5.41) is 10.2. The molecule has 0 radical (unpaired) electrons. The van der Waals surface area contributed by atoms with Crippen molar-refractivity contribution in [3.8, 4) is 12.3 Å². The highest BCUT2D eigenvalue weighted by molar-refractivity contribution is 5.26. The number of rotatable bonds is 11. The Hall–Kier alpha value is -2.32. The van der Waals surface area contributed by atoms with Crippen molar-refractivity contribution in [3.63, 3.8) is 0 Å². The zero-order chi connectivity index (χ0) is 18.8. The topological polar surface area (TPSA) is 37.6 Å². The molecule has 0 amide bonds. The highest BCUT2D eigenvalue weighted by atomic mass is 16.5. The third-order valence-corrected chi connectivity index (χ3v) is 4.26. The van der Waals surface area contributed by atoms with E-state index in [9.17, 15) is 5.11 Å². The highest BCUT2D eigenvalue weighted by Crippen LogP contribution is 2.14. The molecule has 1 N–H and O–H groups in total. The predicted octanol–water partition coefficient (Wildman–Crippen LogP) is 2.84. The van der Waals surface area contributed by atoms with Gasteiger partial charge in [-0.3, -0.25) is 4.90 Å². The van der Waals surface area contributed by atoms with Crippen LogP contribution in [0.3, 0.4) is 0 Å². The number of nitrogens with zero attached hydrogens (tertiary/aromatic N) is 2. The first-order valence-corrected chi connectivity index (χ1v) is 8.85. The van der Waals surface area contributed by atoms with E-state index in [0.29, 0.717) is 13.1 Å². The van der Waals surface area contributed by atoms with Gasteiger partial charge in [0, 0.05) is 38.1 Å². The Kier molecular flexibility index (Phi) is 8.17. The van der Waals surface area contributed by atoms with Gasteiger partial charge in [0.25, 0.3) is 0 Å². The highest BCUT2D eigenvalue weighted by Gasteiger charge is 2.13. The molecule has 0 aliphatic rings. The lowest BCUT2D eigenvalue weighted by atomic mass is 10.1. The molecule has 0 saturated carbocycles. The molecule has 1 unspecified atom stereocenters. The summed E-state index contributed by atoms with van der Waals surface area (Å²) in [6, 6.07) is 12.6. The number of aliphatic hydroxyl groups is 1. The molecule has 0 spiro atoms. The Bertz CT molecular complexity index is 730. The molecule has 1 atom stereocenters. The van der Waals surface area contributed by atoms with Crippen LogP contribution in [-0.2, 0) is 17.8 Å². The summed E-state index contributed by atoms with van der Waals surface area (Å²) in [7, 11) is 0. The number of aromatic nitrogens is 1. The van der Waals surface area contributed by atoms with Crippen LogP contribution >= 0.6 is 0 Å². The largest absolute Gasteiger partial charge is 0.389 e. The second kappa shape index (κ2) is 10.6. The van der Waals surface area contributed by atoms with Gasteiger partial charge < -0.3 is 14.4 Å². The van der Waals surface area contributed by atoms with Crippen LogP contribution in [0.15, 0.2) is 55.3 Å². The fourth-order valence-corrected chi connectivity index (χ4v) is 2.94. The van der Waals surface area contributed by atoms with Crippen LogP contribution in [0.25, 0.3) is 0 Å². The molecule has 2 rings (SSSR count). The average Bonchev–Trinajstić information content (AvgIpc) is 3.04. The van der Waals surface area contributed by atoms with E-state index in [2.05, 4.69) is 71.5 Å². The maximum Gasteiger partial charge on any atom is 0.107 e. The van der Waals surface area contributed by atoms with Crippen molar-refractivity contribution in [1.82, 2.24) is 9.47 Å². The smallest absolute Gasteiger partial charge is 0.107 e. The van der Waals surface area contributed by atoms with E-state index in [0.717, 1.165) is 13.1 Å². The molecule has 1 aromatic heterocycles. The van der Waals surface area contributed by atoms with Gasteiger partial charge in [-0.1, -0.05) is 36.3 Å². The maximum absolute atomic E-state index is 10.2. The fourth-order valence-electron chi connectivity index (χ4n) is 2.94. The minimum atomic E-state index is -0.580. The Labute approximate surface area is 156 Å². The summed E-state index contributed by atoms with van der Waals surface area (Å²) in [5.74, 6) is 2.41. The van der Waals surface area contributed by atoms with Crippen molar-refractivity contribution in [3.05, 3.63) is 72.1 Å². The minimum Gasteiger partial charge on any atom is -0.389 e. The van der Waals surface area contributed by atoms with Gasteiger partial charge in [-0.05, 0) is 30.2 Å². The standard InChI is InChI=1S/C22H28N2O2/c1-4-12-23(17-22(25)18-26-14-5-2)16-21-11-8-13-24(21)15-20-10-7-6-9-19(20)3/h2,4,6-11,13,22,25H,1,12,14-18H2,3H3. The molecule has 0 fully saturated rings. The van der Waals surface area contributed by atoms with Gasteiger partial charge in [-0.25, -0.2) is 0 Å². The van der Waals surface area contributed by atoms with Crippen molar-refractivity contribution < 1.29 is 9.84 Å². The van der Waals surface area contributed by atoms with E-state index in [1.807, 2.05) is 6.08 Å². The lowest BCUT2D eigenvalue weighted by Crippen LogP contribution is -2.35. The first-order valence-electron chi connectivity index (χ1n) is 8.85. The molecule has 0 saturated heterocycles. The van der Waals surface area contributed by atoms with E-state index in [1.165, 1.54) is 16.8 Å². The molecule has 2 aromatic rings. The summed E-state index contributed by atoms with van der Waals surface area (Å²) >= 11 is 0. The third-order valence-electron chi connectivity index (χ3n) is 4.26. The molecule has 26 heavy (non-hydrogen) atoms.